The Labute approximate surface area is 161 Å². The number of hydrogen-bond acceptors (Lipinski definition) is 3. The molecule has 0 unspecified atom stereocenters. The molecule has 4 heteroatoms. The molecule has 0 spiro atoms. The van der Waals surface area contributed by atoms with Crippen LogP contribution in [0.2, 0.25) is 0 Å². The third-order valence-electron chi connectivity index (χ3n) is 4.15. The van der Waals surface area contributed by atoms with E-state index in [1.165, 1.54) is 5.57 Å². The molecule has 2 rings (SSSR count). The van der Waals surface area contributed by atoms with Crippen LogP contribution in [0.1, 0.15) is 31.9 Å². The third kappa shape index (κ3) is 5.11. The lowest BCUT2D eigenvalue weighted by Crippen LogP contribution is -2.29. The van der Waals surface area contributed by atoms with Crippen molar-refractivity contribution in [2.45, 2.75) is 27.3 Å². The first-order valence-corrected chi connectivity index (χ1v) is 8.87. The maximum atomic E-state index is 11.8. The predicted molar refractivity (Wildman–Crippen MR) is 111 cm³/mol. The summed E-state index contributed by atoms with van der Waals surface area (Å²) in [5, 5.41) is 12.9. The smallest absolute Gasteiger partial charge is 0.355 e. The Morgan fingerprint density at radius 2 is 2.04 bits per heavy atom. The van der Waals surface area contributed by atoms with Gasteiger partial charge in [-0.05, 0) is 55.7 Å². The summed E-state index contributed by atoms with van der Waals surface area (Å²) < 4.78 is 0. The van der Waals surface area contributed by atoms with Gasteiger partial charge in [-0.25, -0.2) is 4.79 Å². The predicted octanol–water partition coefficient (Wildman–Crippen LogP) is 4.97. The normalized spacial score (nSPS) is 15.3. The summed E-state index contributed by atoms with van der Waals surface area (Å²) in [6.45, 7) is 10.3. The minimum Gasteiger partial charge on any atom is -0.476 e. The maximum Gasteiger partial charge on any atom is 0.355 e. The fraction of sp³-hybridized carbons (Fsp3) is 0.174. The summed E-state index contributed by atoms with van der Waals surface area (Å²) in [4.78, 5) is 13.4. The van der Waals surface area contributed by atoms with Gasteiger partial charge in [0.15, 0.2) is 5.70 Å². The van der Waals surface area contributed by atoms with Gasteiger partial charge in [-0.2, -0.15) is 0 Å². The average Bonchev–Trinajstić information content (AvgIpc) is 2.66. The quantitative estimate of drug-likeness (QED) is 0.672. The molecule has 0 radical (unpaired) electrons. The summed E-state index contributed by atoms with van der Waals surface area (Å²) >= 11 is 0. The van der Waals surface area contributed by atoms with E-state index < -0.39 is 5.97 Å². The summed E-state index contributed by atoms with van der Waals surface area (Å²) in [6.07, 6.45) is 13.1. The first kappa shape index (κ1) is 20.0. The molecule has 0 fully saturated rings. The van der Waals surface area contributed by atoms with Gasteiger partial charge in [0.1, 0.15) is 0 Å². The van der Waals surface area contributed by atoms with Crippen LogP contribution in [-0.2, 0) is 11.3 Å². The molecule has 2 N–H and O–H groups in total. The van der Waals surface area contributed by atoms with Crippen LogP contribution >= 0.6 is 0 Å². The van der Waals surface area contributed by atoms with E-state index >= 15 is 0 Å². The highest BCUT2D eigenvalue weighted by molar-refractivity contribution is 5.88. The number of aliphatic carboxylic acids is 1. The number of carbonyl (C=O) groups is 1. The van der Waals surface area contributed by atoms with E-state index in [0.717, 1.165) is 11.1 Å². The molecular formula is C23H26N2O2. The van der Waals surface area contributed by atoms with Crippen molar-refractivity contribution in [3.8, 4) is 0 Å². The van der Waals surface area contributed by atoms with E-state index in [0.29, 0.717) is 17.9 Å². The number of benzene rings is 1. The highest BCUT2D eigenvalue weighted by atomic mass is 16.4. The van der Waals surface area contributed by atoms with Gasteiger partial charge in [0, 0.05) is 18.4 Å². The number of hydrogen-bond donors (Lipinski definition) is 2. The van der Waals surface area contributed by atoms with Crippen molar-refractivity contribution in [1.29, 1.82) is 0 Å². The van der Waals surface area contributed by atoms with Crippen LogP contribution in [0.15, 0.2) is 90.6 Å². The largest absolute Gasteiger partial charge is 0.476 e. The summed E-state index contributed by atoms with van der Waals surface area (Å²) in [5.41, 5.74) is 4.73. The van der Waals surface area contributed by atoms with Crippen molar-refractivity contribution in [3.05, 3.63) is 102 Å². The van der Waals surface area contributed by atoms with E-state index in [-0.39, 0.29) is 5.70 Å². The van der Waals surface area contributed by atoms with Crippen LogP contribution < -0.4 is 5.32 Å². The van der Waals surface area contributed by atoms with Crippen molar-refractivity contribution < 1.29 is 9.90 Å². The van der Waals surface area contributed by atoms with Gasteiger partial charge in [-0.3, -0.25) is 0 Å². The van der Waals surface area contributed by atoms with Crippen LogP contribution in [-0.4, -0.2) is 16.0 Å². The van der Waals surface area contributed by atoms with Gasteiger partial charge in [-0.15, -0.1) is 0 Å². The second-order valence-corrected chi connectivity index (χ2v) is 6.17. The Morgan fingerprint density at radius 3 is 2.70 bits per heavy atom. The van der Waals surface area contributed by atoms with Crippen molar-refractivity contribution >= 4 is 11.5 Å². The van der Waals surface area contributed by atoms with Gasteiger partial charge in [0.2, 0.25) is 0 Å². The van der Waals surface area contributed by atoms with Crippen molar-refractivity contribution in [3.63, 3.8) is 0 Å². The molecule has 0 aromatic heterocycles. The summed E-state index contributed by atoms with van der Waals surface area (Å²) in [7, 11) is 0. The number of carboxylic acid groups (broad SMARTS) is 1. The molecule has 0 amide bonds. The second kappa shape index (κ2) is 9.43. The first-order valence-electron chi connectivity index (χ1n) is 8.87. The number of carboxylic acids is 1. The lowest BCUT2D eigenvalue weighted by molar-refractivity contribution is -0.134. The topological polar surface area (TPSA) is 52.6 Å². The molecule has 1 aromatic rings. The number of rotatable bonds is 7. The number of allylic oxidation sites excluding steroid dienone is 7. The lowest BCUT2D eigenvalue weighted by atomic mass is 10.0. The van der Waals surface area contributed by atoms with Crippen molar-refractivity contribution in [2.75, 3.05) is 0 Å². The summed E-state index contributed by atoms with van der Waals surface area (Å²) in [5.74, 6) is -1.00. The maximum absolute atomic E-state index is 11.8. The van der Waals surface area contributed by atoms with Crippen LogP contribution in [0, 0.1) is 0 Å². The third-order valence-corrected chi connectivity index (χ3v) is 4.15. The van der Waals surface area contributed by atoms with Crippen LogP contribution in [0.25, 0.3) is 5.57 Å². The van der Waals surface area contributed by atoms with E-state index in [9.17, 15) is 9.90 Å². The van der Waals surface area contributed by atoms with Crippen LogP contribution in [0.3, 0.4) is 0 Å². The number of nitrogens with zero attached hydrogens (tertiary/aromatic N) is 1. The second-order valence-electron chi connectivity index (χ2n) is 6.17. The van der Waals surface area contributed by atoms with Crippen molar-refractivity contribution in [2.24, 2.45) is 0 Å². The zero-order valence-electron chi connectivity index (χ0n) is 16.1. The molecule has 1 aromatic carbocycles. The van der Waals surface area contributed by atoms with Crippen LogP contribution in [0.4, 0.5) is 0 Å². The molecule has 1 aliphatic rings. The Balaban J connectivity index is 2.25. The SMILES string of the molecule is C=C1C=CC(NCc2cccc(/C(C)=C/C=C\C)c2)=C(C(=O)O)N1/C=C\C. The minimum absolute atomic E-state index is 0.168. The molecule has 1 aliphatic heterocycles. The fourth-order valence-electron chi connectivity index (χ4n) is 2.75. The molecule has 0 saturated heterocycles. The Bertz CT molecular complexity index is 870. The Kier molecular flexibility index (Phi) is 7.00. The highest BCUT2D eigenvalue weighted by Gasteiger charge is 2.23. The van der Waals surface area contributed by atoms with Gasteiger partial charge < -0.3 is 15.3 Å². The van der Waals surface area contributed by atoms with E-state index in [1.54, 1.807) is 29.3 Å². The van der Waals surface area contributed by atoms with Gasteiger partial charge >= 0.3 is 5.97 Å². The zero-order valence-corrected chi connectivity index (χ0v) is 16.1. The van der Waals surface area contributed by atoms with E-state index in [2.05, 4.69) is 37.0 Å². The zero-order chi connectivity index (χ0) is 19.8. The Morgan fingerprint density at radius 1 is 1.26 bits per heavy atom. The average molecular weight is 362 g/mol. The molecule has 0 bridgehead atoms. The molecule has 140 valence electrons. The molecular weight excluding hydrogens is 336 g/mol. The Hall–Kier alpha value is -3.27. The molecule has 0 aliphatic carbocycles. The van der Waals surface area contributed by atoms with E-state index in [1.807, 2.05) is 38.1 Å². The molecule has 0 saturated carbocycles. The monoisotopic (exact) mass is 362 g/mol. The molecule has 1 heterocycles. The minimum atomic E-state index is -1.00. The summed E-state index contributed by atoms with van der Waals surface area (Å²) in [6, 6.07) is 8.21. The van der Waals surface area contributed by atoms with Crippen LogP contribution in [0.5, 0.6) is 0 Å². The van der Waals surface area contributed by atoms with Crippen molar-refractivity contribution in [1.82, 2.24) is 10.2 Å². The lowest BCUT2D eigenvalue weighted by Gasteiger charge is -2.27. The number of nitrogens with one attached hydrogen (secondary N) is 1. The molecule has 4 nitrogen and oxygen atoms in total. The highest BCUT2D eigenvalue weighted by Crippen LogP contribution is 2.23. The first-order chi connectivity index (χ1) is 13.0. The fourth-order valence-corrected chi connectivity index (χ4v) is 2.75. The standard InChI is InChI=1S/C23H26N2O2/c1-5-7-9-17(3)20-11-8-10-19(15-20)16-24-21-13-12-18(4)25(14-6-2)22(21)23(26)27/h5-15,24H,4,16H2,1-3H3,(H,26,27)/b7-5-,14-6-,17-9+. The van der Waals surface area contributed by atoms with Gasteiger partial charge in [-0.1, -0.05) is 49.1 Å². The molecule has 0 atom stereocenters. The molecule has 27 heavy (non-hydrogen) atoms. The van der Waals surface area contributed by atoms with Gasteiger partial charge in [0.25, 0.3) is 0 Å². The van der Waals surface area contributed by atoms with Gasteiger partial charge in [0.05, 0.1) is 5.70 Å². The van der Waals surface area contributed by atoms with E-state index in [4.69, 9.17) is 0 Å².